The van der Waals surface area contributed by atoms with Gasteiger partial charge in [0.15, 0.2) is 11.3 Å². The lowest BCUT2D eigenvalue weighted by molar-refractivity contribution is 0.465. The number of furan rings is 1. The maximum absolute atomic E-state index is 7.49. The van der Waals surface area contributed by atoms with Crippen molar-refractivity contribution in [2.24, 2.45) is 0 Å². The van der Waals surface area contributed by atoms with Gasteiger partial charge >= 0.3 is 0 Å². The lowest BCUT2D eigenvalue weighted by atomic mass is 9.34. The van der Waals surface area contributed by atoms with Gasteiger partial charge in [0.2, 0.25) is 0 Å². The van der Waals surface area contributed by atoms with Crippen molar-refractivity contribution in [2.45, 2.75) is 92.4 Å². The summed E-state index contributed by atoms with van der Waals surface area (Å²) in [4.78, 5) is 2.36. The fourth-order valence-corrected chi connectivity index (χ4v) is 9.40. The predicted octanol–water partition coefficient (Wildman–Crippen LogP) is 14.0. The third-order valence-corrected chi connectivity index (χ3v) is 12.7. The van der Waals surface area contributed by atoms with Crippen LogP contribution in [0.5, 0.6) is 23.0 Å². The van der Waals surface area contributed by atoms with E-state index in [2.05, 4.69) is 208 Å². The van der Waals surface area contributed by atoms with Crippen LogP contribution in [0.1, 0.15) is 90.1 Å². The predicted molar refractivity (Wildman–Crippen MR) is 257 cm³/mol. The van der Waals surface area contributed by atoms with Gasteiger partial charge in [0.05, 0.1) is 0 Å². The fourth-order valence-electron chi connectivity index (χ4n) is 9.40. The second-order valence-electron chi connectivity index (χ2n) is 20.4. The van der Waals surface area contributed by atoms with E-state index in [1.165, 1.54) is 27.8 Å². The van der Waals surface area contributed by atoms with E-state index in [-0.39, 0.29) is 23.0 Å². The standard InChI is InChI=1S/C56H54BNO3/c1-33-26-34(2)28-35(27-33)36-29-48-50-49(30-36)61-53-45(57(50)44-31-39(56(9,10)11)20-25-47(44)59-48)32-43-42-14-12-13-15-46(42)60-52(43)51(53)58(40-21-16-37(17-22-40)54(3,4)5)41-23-18-38(19-24-41)55(6,7)8/h12-32H,1-11H3. The fraction of sp³-hybridized carbons (Fsp3) is 0.250. The molecule has 7 aromatic carbocycles. The smallest absolute Gasteiger partial charge is 0.260 e. The van der Waals surface area contributed by atoms with E-state index in [1.54, 1.807) is 0 Å². The number of nitrogens with zero attached hydrogens (tertiary/aromatic N) is 1. The molecule has 8 aromatic rings. The Balaban J connectivity index is 1.32. The molecule has 5 heteroatoms. The first-order chi connectivity index (χ1) is 28.9. The molecule has 0 atom stereocenters. The molecular formula is C56H54BNO3. The van der Waals surface area contributed by atoms with Gasteiger partial charge in [-0.25, -0.2) is 0 Å². The highest BCUT2D eigenvalue weighted by Crippen LogP contribution is 2.51. The Bertz CT molecular complexity index is 2970. The summed E-state index contributed by atoms with van der Waals surface area (Å²) in [5.74, 6) is 3.26. The maximum Gasteiger partial charge on any atom is 0.260 e. The number of fused-ring (bicyclic) bond motifs is 7. The van der Waals surface area contributed by atoms with Crippen molar-refractivity contribution < 1.29 is 13.9 Å². The number of aryl methyl sites for hydroxylation is 2. The number of hydrogen-bond donors (Lipinski definition) is 0. The van der Waals surface area contributed by atoms with Crippen LogP contribution in [0, 0.1) is 13.8 Å². The van der Waals surface area contributed by atoms with E-state index in [1.807, 2.05) is 0 Å². The highest BCUT2D eigenvalue weighted by molar-refractivity contribution is 6.98. The number of hydrogen-bond acceptors (Lipinski definition) is 4. The van der Waals surface area contributed by atoms with Gasteiger partial charge in [-0.1, -0.05) is 152 Å². The molecule has 1 aromatic heterocycles. The molecule has 0 N–H and O–H groups in total. The van der Waals surface area contributed by atoms with Crippen LogP contribution in [0.3, 0.4) is 0 Å². The summed E-state index contributed by atoms with van der Waals surface area (Å²) >= 11 is 0. The summed E-state index contributed by atoms with van der Waals surface area (Å²) in [7, 11) is 0. The van der Waals surface area contributed by atoms with Crippen molar-refractivity contribution in [1.29, 1.82) is 0 Å². The molecule has 0 unspecified atom stereocenters. The quantitative estimate of drug-likeness (QED) is 0.166. The second-order valence-corrected chi connectivity index (χ2v) is 20.4. The molecule has 61 heavy (non-hydrogen) atoms. The summed E-state index contributed by atoms with van der Waals surface area (Å²) in [5, 5.41) is 2.12. The van der Waals surface area contributed by atoms with Crippen molar-refractivity contribution in [3.63, 3.8) is 0 Å². The molecule has 304 valence electrons. The zero-order valence-corrected chi connectivity index (χ0v) is 37.4. The van der Waals surface area contributed by atoms with Crippen LogP contribution >= 0.6 is 0 Å². The SMILES string of the molecule is Cc1cc(C)cc(-c2cc3c4c(c2)Oc2c(cc5c(oc6ccccc65)c2N(c2ccc(C(C)(C)C)cc2)c2ccc(C(C)(C)C)cc2)B4c2cc(C(C)(C)C)ccc2O3)c1. The maximum atomic E-state index is 7.49. The van der Waals surface area contributed by atoms with Crippen LogP contribution in [0.25, 0.3) is 33.1 Å². The van der Waals surface area contributed by atoms with Crippen molar-refractivity contribution in [2.75, 3.05) is 4.90 Å². The van der Waals surface area contributed by atoms with Crippen LogP contribution in [-0.2, 0) is 16.2 Å². The molecule has 0 amide bonds. The Labute approximate surface area is 361 Å². The largest absolute Gasteiger partial charge is 0.458 e. The van der Waals surface area contributed by atoms with Crippen molar-refractivity contribution in [3.8, 4) is 34.1 Å². The Hall–Kier alpha value is -6.20. The molecule has 4 nitrogen and oxygen atoms in total. The molecule has 10 rings (SSSR count). The van der Waals surface area contributed by atoms with Crippen LogP contribution in [-0.4, -0.2) is 6.71 Å². The Kier molecular flexibility index (Phi) is 8.73. The van der Waals surface area contributed by atoms with Gasteiger partial charge in [0.25, 0.3) is 6.71 Å². The number of para-hydroxylation sites is 1. The molecule has 0 saturated heterocycles. The molecule has 2 aliphatic rings. The minimum absolute atomic E-state index is 0.00392. The number of benzene rings is 7. The second kappa shape index (κ2) is 13.7. The van der Waals surface area contributed by atoms with E-state index in [0.717, 1.165) is 89.5 Å². The van der Waals surface area contributed by atoms with Gasteiger partial charge in [0.1, 0.15) is 28.5 Å². The van der Waals surface area contributed by atoms with E-state index in [0.29, 0.717) is 0 Å². The average molecular weight is 800 g/mol. The molecule has 0 bridgehead atoms. The van der Waals surface area contributed by atoms with Crippen molar-refractivity contribution in [3.05, 3.63) is 155 Å². The lowest BCUT2D eigenvalue weighted by Crippen LogP contribution is -2.57. The first-order valence-corrected chi connectivity index (χ1v) is 21.7. The molecule has 0 spiro atoms. The molecule has 0 aliphatic carbocycles. The van der Waals surface area contributed by atoms with Crippen LogP contribution < -0.4 is 30.8 Å². The van der Waals surface area contributed by atoms with Crippen LogP contribution in [0.2, 0.25) is 0 Å². The molecule has 0 saturated carbocycles. The molecular weight excluding hydrogens is 745 g/mol. The monoisotopic (exact) mass is 799 g/mol. The first-order valence-electron chi connectivity index (χ1n) is 21.7. The van der Waals surface area contributed by atoms with E-state index < -0.39 is 0 Å². The van der Waals surface area contributed by atoms with Gasteiger partial charge in [-0.05, 0) is 117 Å². The van der Waals surface area contributed by atoms with E-state index in [4.69, 9.17) is 13.9 Å². The first kappa shape index (κ1) is 39.0. The summed E-state index contributed by atoms with van der Waals surface area (Å²) in [6, 6.07) is 46.7. The summed E-state index contributed by atoms with van der Waals surface area (Å²) in [6.07, 6.45) is 0. The molecule has 0 fully saturated rings. The van der Waals surface area contributed by atoms with E-state index >= 15 is 0 Å². The highest BCUT2D eigenvalue weighted by Gasteiger charge is 2.44. The number of ether oxygens (including phenoxy) is 2. The van der Waals surface area contributed by atoms with Gasteiger partial charge in [-0.3, -0.25) is 0 Å². The van der Waals surface area contributed by atoms with Crippen LogP contribution in [0.4, 0.5) is 17.1 Å². The third-order valence-electron chi connectivity index (χ3n) is 12.7. The molecule has 0 radical (unpaired) electrons. The van der Waals surface area contributed by atoms with Gasteiger partial charge in [-0.15, -0.1) is 0 Å². The van der Waals surface area contributed by atoms with Crippen molar-refractivity contribution in [1.82, 2.24) is 0 Å². The number of anilines is 3. The van der Waals surface area contributed by atoms with Gasteiger partial charge in [0, 0.05) is 27.6 Å². The zero-order valence-electron chi connectivity index (χ0n) is 37.4. The zero-order chi connectivity index (χ0) is 42.7. The summed E-state index contributed by atoms with van der Waals surface area (Å²) in [5.41, 5.74) is 16.1. The van der Waals surface area contributed by atoms with Gasteiger partial charge in [-0.2, -0.15) is 0 Å². The van der Waals surface area contributed by atoms with Gasteiger partial charge < -0.3 is 18.8 Å². The average Bonchev–Trinajstić information content (AvgIpc) is 3.58. The summed E-state index contributed by atoms with van der Waals surface area (Å²) < 4.78 is 21.5. The Morgan fingerprint density at radius 3 is 1.61 bits per heavy atom. The normalized spacial score (nSPS) is 13.4. The number of rotatable bonds is 4. The van der Waals surface area contributed by atoms with E-state index in [9.17, 15) is 0 Å². The minimum atomic E-state index is -0.168. The lowest BCUT2D eigenvalue weighted by Gasteiger charge is -2.37. The Morgan fingerprint density at radius 2 is 1.02 bits per heavy atom. The molecule has 3 heterocycles. The topological polar surface area (TPSA) is 34.8 Å². The van der Waals surface area contributed by atoms with Crippen LogP contribution in [0.15, 0.2) is 132 Å². The molecule has 2 aliphatic heterocycles. The highest BCUT2D eigenvalue weighted by atomic mass is 16.5. The third kappa shape index (κ3) is 6.61. The Morgan fingerprint density at radius 1 is 0.475 bits per heavy atom. The minimum Gasteiger partial charge on any atom is -0.458 e. The van der Waals surface area contributed by atoms with Crippen molar-refractivity contribution >= 4 is 62.1 Å². The summed E-state index contributed by atoms with van der Waals surface area (Å²) in [6.45, 7) is 24.6.